The maximum Gasteiger partial charge on any atom is 0.0541 e. The molecule has 17 heavy (non-hydrogen) atoms. The van der Waals surface area contributed by atoms with Crippen LogP contribution < -0.4 is 10.6 Å². The van der Waals surface area contributed by atoms with Gasteiger partial charge in [-0.1, -0.05) is 6.42 Å². The molecule has 0 aromatic heterocycles. The number of aliphatic hydroxyl groups excluding tert-OH is 1. The number of nitrogens with one attached hydrogen (secondary N) is 2. The molecule has 2 fully saturated rings. The maximum absolute atomic E-state index is 9.48. The molecule has 1 aliphatic heterocycles. The Bertz CT molecular complexity index is 208. The van der Waals surface area contributed by atoms with Gasteiger partial charge in [0, 0.05) is 18.1 Å². The van der Waals surface area contributed by atoms with Crippen LogP contribution in [0.4, 0.5) is 0 Å². The molecule has 100 valence electrons. The molecule has 0 aromatic carbocycles. The summed E-state index contributed by atoms with van der Waals surface area (Å²) in [7, 11) is 0. The summed E-state index contributed by atoms with van der Waals surface area (Å²) in [5, 5.41) is 16.8. The monoisotopic (exact) mass is 240 g/mol. The Morgan fingerprint density at radius 2 is 1.94 bits per heavy atom. The second-order valence-electron chi connectivity index (χ2n) is 5.96. The van der Waals surface area contributed by atoms with Crippen molar-refractivity contribution in [2.45, 2.75) is 82.5 Å². The minimum absolute atomic E-state index is 0.0385. The zero-order chi connectivity index (χ0) is 12.1. The summed E-state index contributed by atoms with van der Waals surface area (Å²) in [4.78, 5) is 0. The molecule has 3 heteroatoms. The second kappa shape index (κ2) is 6.72. The molecule has 3 nitrogen and oxygen atoms in total. The first-order valence-corrected chi connectivity index (χ1v) is 7.41. The highest BCUT2D eigenvalue weighted by Crippen LogP contribution is 2.20. The molecule has 1 aliphatic carbocycles. The lowest BCUT2D eigenvalue weighted by Gasteiger charge is -2.32. The Labute approximate surface area is 105 Å². The van der Waals surface area contributed by atoms with Gasteiger partial charge in [0.25, 0.3) is 0 Å². The molecule has 0 radical (unpaired) electrons. The molecular weight excluding hydrogens is 212 g/mol. The first-order chi connectivity index (χ1) is 8.24. The standard InChI is InChI=1S/C14H28N2O/c1-11(10-13-4-2-3-9-15-13)16-12-5-7-14(17)8-6-12/h11-17H,2-10H2,1H3. The van der Waals surface area contributed by atoms with E-state index in [2.05, 4.69) is 17.6 Å². The Morgan fingerprint density at radius 3 is 2.59 bits per heavy atom. The van der Waals surface area contributed by atoms with Crippen LogP contribution in [0.25, 0.3) is 0 Å². The van der Waals surface area contributed by atoms with Gasteiger partial charge in [-0.15, -0.1) is 0 Å². The number of piperidine rings is 1. The van der Waals surface area contributed by atoms with Gasteiger partial charge in [-0.25, -0.2) is 0 Å². The first kappa shape index (κ1) is 13.3. The Hall–Kier alpha value is -0.120. The molecule has 3 N–H and O–H groups in total. The quantitative estimate of drug-likeness (QED) is 0.702. The Balaban J connectivity index is 1.64. The summed E-state index contributed by atoms with van der Waals surface area (Å²) in [5.74, 6) is 0. The van der Waals surface area contributed by atoms with E-state index in [1.165, 1.54) is 32.2 Å². The van der Waals surface area contributed by atoms with Crippen LogP contribution in [0.2, 0.25) is 0 Å². The minimum Gasteiger partial charge on any atom is -0.393 e. The van der Waals surface area contributed by atoms with Crippen molar-refractivity contribution in [3.63, 3.8) is 0 Å². The molecule has 2 rings (SSSR count). The van der Waals surface area contributed by atoms with Gasteiger partial charge < -0.3 is 15.7 Å². The fourth-order valence-corrected chi connectivity index (χ4v) is 3.26. The van der Waals surface area contributed by atoms with Crippen LogP contribution in [-0.2, 0) is 0 Å². The molecule has 0 aromatic rings. The summed E-state index contributed by atoms with van der Waals surface area (Å²) in [6, 6.07) is 1.96. The van der Waals surface area contributed by atoms with Gasteiger partial charge in [-0.05, 0) is 58.4 Å². The average molecular weight is 240 g/mol. The molecule has 1 saturated heterocycles. The number of hydrogen-bond acceptors (Lipinski definition) is 3. The van der Waals surface area contributed by atoms with Crippen molar-refractivity contribution in [2.24, 2.45) is 0 Å². The third-order valence-electron chi connectivity index (χ3n) is 4.27. The molecule has 1 heterocycles. The van der Waals surface area contributed by atoms with E-state index in [1.807, 2.05) is 0 Å². The van der Waals surface area contributed by atoms with Gasteiger partial charge in [0.2, 0.25) is 0 Å². The van der Waals surface area contributed by atoms with E-state index in [1.54, 1.807) is 0 Å². The van der Waals surface area contributed by atoms with E-state index in [0.29, 0.717) is 12.1 Å². The van der Waals surface area contributed by atoms with Crippen LogP contribution in [0.3, 0.4) is 0 Å². The zero-order valence-electron chi connectivity index (χ0n) is 11.1. The summed E-state index contributed by atoms with van der Waals surface area (Å²) < 4.78 is 0. The molecule has 2 atom stereocenters. The van der Waals surface area contributed by atoms with Crippen molar-refractivity contribution in [1.82, 2.24) is 10.6 Å². The Morgan fingerprint density at radius 1 is 1.18 bits per heavy atom. The van der Waals surface area contributed by atoms with Gasteiger partial charge in [0.15, 0.2) is 0 Å². The SMILES string of the molecule is CC(CC1CCCCN1)NC1CCC(O)CC1. The lowest BCUT2D eigenvalue weighted by molar-refractivity contribution is 0.113. The van der Waals surface area contributed by atoms with Crippen molar-refractivity contribution in [2.75, 3.05) is 6.54 Å². The summed E-state index contributed by atoms with van der Waals surface area (Å²) in [6.07, 6.45) is 9.53. The van der Waals surface area contributed by atoms with E-state index < -0.39 is 0 Å². The lowest BCUT2D eigenvalue weighted by atomic mass is 9.91. The molecule has 2 aliphatic rings. The van der Waals surface area contributed by atoms with E-state index in [-0.39, 0.29) is 6.10 Å². The van der Waals surface area contributed by atoms with Crippen LogP contribution >= 0.6 is 0 Å². The van der Waals surface area contributed by atoms with Gasteiger partial charge >= 0.3 is 0 Å². The highest BCUT2D eigenvalue weighted by atomic mass is 16.3. The van der Waals surface area contributed by atoms with E-state index in [0.717, 1.165) is 31.7 Å². The first-order valence-electron chi connectivity index (χ1n) is 7.41. The largest absolute Gasteiger partial charge is 0.393 e. The van der Waals surface area contributed by atoms with Crippen molar-refractivity contribution < 1.29 is 5.11 Å². The molecule has 0 amide bonds. The highest BCUT2D eigenvalue weighted by molar-refractivity contribution is 4.82. The van der Waals surface area contributed by atoms with E-state index in [9.17, 15) is 5.11 Å². The van der Waals surface area contributed by atoms with Crippen molar-refractivity contribution in [3.05, 3.63) is 0 Å². The molecule has 0 bridgehead atoms. The smallest absolute Gasteiger partial charge is 0.0541 e. The van der Waals surface area contributed by atoms with Crippen LogP contribution in [0, 0.1) is 0 Å². The predicted octanol–water partition coefficient (Wildman–Crippen LogP) is 1.80. The third-order valence-corrected chi connectivity index (χ3v) is 4.27. The van der Waals surface area contributed by atoms with Gasteiger partial charge in [-0.3, -0.25) is 0 Å². The van der Waals surface area contributed by atoms with Crippen LogP contribution in [0.15, 0.2) is 0 Å². The summed E-state index contributed by atoms with van der Waals surface area (Å²) >= 11 is 0. The third kappa shape index (κ3) is 4.57. The molecular formula is C14H28N2O. The minimum atomic E-state index is -0.0385. The number of rotatable bonds is 4. The summed E-state index contributed by atoms with van der Waals surface area (Å²) in [6.45, 7) is 3.51. The van der Waals surface area contributed by atoms with Crippen LogP contribution in [0.1, 0.15) is 58.3 Å². The Kier molecular flexibility index (Phi) is 5.26. The van der Waals surface area contributed by atoms with Crippen LogP contribution in [0.5, 0.6) is 0 Å². The van der Waals surface area contributed by atoms with E-state index >= 15 is 0 Å². The molecule has 1 saturated carbocycles. The highest BCUT2D eigenvalue weighted by Gasteiger charge is 2.22. The zero-order valence-corrected chi connectivity index (χ0v) is 11.1. The topological polar surface area (TPSA) is 44.3 Å². The van der Waals surface area contributed by atoms with Crippen molar-refractivity contribution in [3.8, 4) is 0 Å². The van der Waals surface area contributed by atoms with Crippen molar-refractivity contribution in [1.29, 1.82) is 0 Å². The van der Waals surface area contributed by atoms with Crippen LogP contribution in [-0.4, -0.2) is 35.9 Å². The average Bonchev–Trinajstić information content (AvgIpc) is 2.33. The summed E-state index contributed by atoms with van der Waals surface area (Å²) in [5.41, 5.74) is 0. The second-order valence-corrected chi connectivity index (χ2v) is 5.96. The van der Waals surface area contributed by atoms with E-state index in [4.69, 9.17) is 0 Å². The fourth-order valence-electron chi connectivity index (χ4n) is 3.26. The van der Waals surface area contributed by atoms with Gasteiger partial charge in [0.05, 0.1) is 6.10 Å². The lowest BCUT2D eigenvalue weighted by Crippen LogP contribution is -2.44. The number of aliphatic hydroxyl groups is 1. The van der Waals surface area contributed by atoms with Crippen molar-refractivity contribution >= 4 is 0 Å². The number of hydrogen-bond donors (Lipinski definition) is 3. The van der Waals surface area contributed by atoms with Gasteiger partial charge in [0.1, 0.15) is 0 Å². The maximum atomic E-state index is 9.48. The molecule has 0 spiro atoms. The predicted molar refractivity (Wildman–Crippen MR) is 71.1 cm³/mol. The molecule has 2 unspecified atom stereocenters. The fraction of sp³-hybridized carbons (Fsp3) is 1.00. The normalized spacial score (nSPS) is 36.7. The van der Waals surface area contributed by atoms with Gasteiger partial charge in [-0.2, -0.15) is 0 Å².